The molecule has 4 nitrogen and oxygen atoms in total. The third kappa shape index (κ3) is 4.02. The van der Waals surface area contributed by atoms with E-state index in [1.54, 1.807) is 17.0 Å². The number of benzene rings is 2. The lowest BCUT2D eigenvalue weighted by molar-refractivity contribution is -0.126. The second kappa shape index (κ2) is 7.28. The third-order valence-corrected chi connectivity index (χ3v) is 4.87. The van der Waals surface area contributed by atoms with Crippen LogP contribution in [-0.4, -0.2) is 24.4 Å². The molecule has 1 fully saturated rings. The molecule has 1 atom stereocenters. The van der Waals surface area contributed by atoms with E-state index in [-0.39, 0.29) is 18.2 Å². The zero-order chi connectivity index (χ0) is 18.0. The Morgan fingerprint density at radius 1 is 1.16 bits per heavy atom. The van der Waals surface area contributed by atoms with Crippen LogP contribution in [0.4, 0.5) is 5.69 Å². The maximum atomic E-state index is 12.6. The van der Waals surface area contributed by atoms with Gasteiger partial charge in [-0.05, 0) is 61.2 Å². The van der Waals surface area contributed by atoms with Crippen molar-refractivity contribution >= 4 is 29.1 Å². The van der Waals surface area contributed by atoms with Gasteiger partial charge in [-0.2, -0.15) is 0 Å². The van der Waals surface area contributed by atoms with E-state index < -0.39 is 6.04 Å². The van der Waals surface area contributed by atoms with E-state index >= 15 is 0 Å². The van der Waals surface area contributed by atoms with Gasteiger partial charge >= 0.3 is 0 Å². The van der Waals surface area contributed by atoms with Gasteiger partial charge in [-0.1, -0.05) is 29.8 Å². The monoisotopic (exact) mass is 356 g/mol. The van der Waals surface area contributed by atoms with E-state index in [9.17, 15) is 9.59 Å². The van der Waals surface area contributed by atoms with Crippen LogP contribution in [0.15, 0.2) is 42.5 Å². The number of halogens is 1. The first-order valence-electron chi connectivity index (χ1n) is 8.36. The zero-order valence-corrected chi connectivity index (χ0v) is 15.1. The Balaban J connectivity index is 1.62. The molecule has 2 aromatic carbocycles. The molecule has 0 spiro atoms. The van der Waals surface area contributed by atoms with Crippen molar-refractivity contribution < 1.29 is 9.59 Å². The molecule has 1 aliphatic heterocycles. The first-order valence-corrected chi connectivity index (χ1v) is 8.74. The van der Waals surface area contributed by atoms with Gasteiger partial charge in [-0.3, -0.25) is 9.59 Å². The largest absolute Gasteiger partial charge is 0.344 e. The summed E-state index contributed by atoms with van der Waals surface area (Å²) in [4.78, 5) is 26.6. The predicted molar refractivity (Wildman–Crippen MR) is 100.0 cm³/mol. The van der Waals surface area contributed by atoms with Crippen molar-refractivity contribution in [3.05, 3.63) is 64.2 Å². The normalized spacial score (nSPS) is 17.0. The maximum absolute atomic E-state index is 12.6. The average Bonchev–Trinajstić information content (AvgIpc) is 2.93. The number of hydrogen-bond acceptors (Lipinski definition) is 2. The highest BCUT2D eigenvalue weighted by Crippen LogP contribution is 2.24. The second-order valence-corrected chi connectivity index (χ2v) is 6.91. The highest BCUT2D eigenvalue weighted by molar-refractivity contribution is 6.30. The van der Waals surface area contributed by atoms with Crippen molar-refractivity contribution in [2.75, 3.05) is 11.4 Å². The number of anilines is 1. The summed E-state index contributed by atoms with van der Waals surface area (Å²) in [6, 6.07) is 12.7. The topological polar surface area (TPSA) is 49.4 Å². The number of hydrogen-bond donors (Lipinski definition) is 1. The molecule has 0 aromatic heterocycles. The molecule has 2 aromatic rings. The molecule has 0 saturated carbocycles. The molecular weight excluding hydrogens is 336 g/mol. The Bertz CT molecular complexity index is 802. The molecule has 130 valence electrons. The van der Waals surface area contributed by atoms with Gasteiger partial charge in [-0.25, -0.2) is 0 Å². The van der Waals surface area contributed by atoms with Crippen LogP contribution in [0.2, 0.25) is 5.02 Å². The standard InChI is InChI=1S/C20H21ClN2O2/c1-13-3-8-17(11-14(13)2)23-10-9-18(20(23)25)22-19(24)12-15-4-6-16(21)7-5-15/h3-8,11,18H,9-10,12H2,1-2H3,(H,22,24)/t18-/m1/s1. The Hall–Kier alpha value is -2.33. The maximum Gasteiger partial charge on any atom is 0.249 e. The third-order valence-electron chi connectivity index (χ3n) is 4.62. The average molecular weight is 357 g/mol. The van der Waals surface area contributed by atoms with Crippen LogP contribution in [0.25, 0.3) is 0 Å². The highest BCUT2D eigenvalue weighted by Gasteiger charge is 2.33. The summed E-state index contributed by atoms with van der Waals surface area (Å²) in [6.07, 6.45) is 0.864. The number of amides is 2. The molecule has 1 N–H and O–H groups in total. The quantitative estimate of drug-likeness (QED) is 0.912. The van der Waals surface area contributed by atoms with Crippen molar-refractivity contribution in [1.82, 2.24) is 5.32 Å². The van der Waals surface area contributed by atoms with Gasteiger partial charge in [0.15, 0.2) is 0 Å². The summed E-state index contributed by atoms with van der Waals surface area (Å²) >= 11 is 5.85. The highest BCUT2D eigenvalue weighted by atomic mass is 35.5. The summed E-state index contributed by atoms with van der Waals surface area (Å²) < 4.78 is 0. The van der Waals surface area contributed by atoms with Crippen molar-refractivity contribution in [3.8, 4) is 0 Å². The van der Waals surface area contributed by atoms with Crippen molar-refractivity contribution in [2.24, 2.45) is 0 Å². The minimum Gasteiger partial charge on any atom is -0.344 e. The molecule has 0 radical (unpaired) electrons. The minimum atomic E-state index is -0.457. The van der Waals surface area contributed by atoms with Crippen LogP contribution < -0.4 is 10.2 Å². The molecule has 0 aliphatic carbocycles. The van der Waals surface area contributed by atoms with E-state index in [4.69, 9.17) is 11.6 Å². The molecule has 2 amide bonds. The molecule has 1 saturated heterocycles. The molecular formula is C20H21ClN2O2. The SMILES string of the molecule is Cc1ccc(N2CC[C@@H](NC(=O)Cc3ccc(Cl)cc3)C2=O)cc1C. The smallest absolute Gasteiger partial charge is 0.249 e. The number of aryl methyl sites for hydroxylation is 2. The number of nitrogens with zero attached hydrogens (tertiary/aromatic N) is 1. The molecule has 0 unspecified atom stereocenters. The number of nitrogens with one attached hydrogen (secondary N) is 1. The van der Waals surface area contributed by atoms with Crippen molar-refractivity contribution in [1.29, 1.82) is 0 Å². The van der Waals surface area contributed by atoms with E-state index in [1.807, 2.05) is 44.2 Å². The lowest BCUT2D eigenvalue weighted by atomic mass is 10.1. The molecule has 1 heterocycles. The fraction of sp³-hybridized carbons (Fsp3) is 0.300. The summed E-state index contributed by atoms with van der Waals surface area (Å²) in [5.41, 5.74) is 4.12. The van der Waals surface area contributed by atoms with Gasteiger partial charge in [0.25, 0.3) is 0 Å². The fourth-order valence-corrected chi connectivity index (χ4v) is 3.12. The fourth-order valence-electron chi connectivity index (χ4n) is 3.00. The van der Waals surface area contributed by atoms with Crippen molar-refractivity contribution in [3.63, 3.8) is 0 Å². The summed E-state index contributed by atoms with van der Waals surface area (Å²) in [5, 5.41) is 3.49. The summed E-state index contributed by atoms with van der Waals surface area (Å²) in [6.45, 7) is 4.70. The van der Waals surface area contributed by atoms with Gasteiger partial charge in [0.2, 0.25) is 11.8 Å². The number of rotatable bonds is 4. The van der Waals surface area contributed by atoms with Crippen molar-refractivity contribution in [2.45, 2.75) is 32.7 Å². The molecule has 1 aliphatic rings. The van der Waals surface area contributed by atoms with E-state index in [0.29, 0.717) is 18.0 Å². The van der Waals surface area contributed by atoms with Crippen LogP contribution >= 0.6 is 11.6 Å². The van der Waals surface area contributed by atoms with Gasteiger partial charge in [-0.15, -0.1) is 0 Å². The van der Waals surface area contributed by atoms with Gasteiger partial charge in [0.1, 0.15) is 6.04 Å². The number of carbonyl (C=O) groups is 2. The predicted octanol–water partition coefficient (Wildman–Crippen LogP) is 3.42. The van der Waals surface area contributed by atoms with Crippen LogP contribution in [0, 0.1) is 13.8 Å². The Kier molecular flexibility index (Phi) is 5.09. The number of carbonyl (C=O) groups excluding carboxylic acids is 2. The van der Waals surface area contributed by atoms with E-state index in [0.717, 1.165) is 16.8 Å². The lowest BCUT2D eigenvalue weighted by Gasteiger charge is -2.18. The van der Waals surface area contributed by atoms with Gasteiger partial charge in [0.05, 0.1) is 6.42 Å². The molecule has 0 bridgehead atoms. The molecule has 25 heavy (non-hydrogen) atoms. The molecule has 5 heteroatoms. The first kappa shape index (κ1) is 17.5. The molecule has 3 rings (SSSR count). The zero-order valence-electron chi connectivity index (χ0n) is 14.4. The van der Waals surface area contributed by atoms with Crippen LogP contribution in [0.1, 0.15) is 23.1 Å². The van der Waals surface area contributed by atoms with Crippen LogP contribution in [0.3, 0.4) is 0 Å². The Morgan fingerprint density at radius 3 is 2.56 bits per heavy atom. The minimum absolute atomic E-state index is 0.0484. The lowest BCUT2D eigenvalue weighted by Crippen LogP contribution is -2.42. The Labute approximate surface area is 152 Å². The summed E-state index contributed by atoms with van der Waals surface area (Å²) in [5.74, 6) is -0.199. The van der Waals surface area contributed by atoms with Gasteiger partial charge < -0.3 is 10.2 Å². The summed E-state index contributed by atoms with van der Waals surface area (Å²) in [7, 11) is 0. The van der Waals surface area contributed by atoms with E-state index in [1.165, 1.54) is 5.56 Å². The van der Waals surface area contributed by atoms with E-state index in [2.05, 4.69) is 5.32 Å². The van der Waals surface area contributed by atoms with Gasteiger partial charge in [0, 0.05) is 17.3 Å². The first-order chi connectivity index (χ1) is 11.9. The Morgan fingerprint density at radius 2 is 1.88 bits per heavy atom. The second-order valence-electron chi connectivity index (χ2n) is 6.47. The van der Waals surface area contributed by atoms with Crippen LogP contribution in [-0.2, 0) is 16.0 Å². The van der Waals surface area contributed by atoms with Crippen LogP contribution in [0.5, 0.6) is 0 Å².